The third kappa shape index (κ3) is 6.75. The molecule has 1 aromatic rings. The van der Waals surface area contributed by atoms with Crippen LogP contribution in [0, 0.1) is 0 Å². The first-order valence-electron chi connectivity index (χ1n) is 7.68. The van der Waals surface area contributed by atoms with Crippen LogP contribution in [-0.4, -0.2) is 58.0 Å². The van der Waals surface area contributed by atoms with E-state index in [4.69, 9.17) is 11.5 Å². The van der Waals surface area contributed by atoms with E-state index in [1.807, 2.05) is 0 Å². The summed E-state index contributed by atoms with van der Waals surface area (Å²) in [5, 5.41) is 14.2. The fourth-order valence-electron chi connectivity index (χ4n) is 2.10. The van der Waals surface area contributed by atoms with Crippen LogP contribution in [0.25, 0.3) is 0 Å². The smallest absolute Gasteiger partial charge is 0.326 e. The van der Waals surface area contributed by atoms with Gasteiger partial charge in [0.2, 0.25) is 11.8 Å². The Labute approximate surface area is 139 Å². The molecule has 1 rings (SSSR count). The maximum absolute atomic E-state index is 12.3. The summed E-state index contributed by atoms with van der Waals surface area (Å²) in [6.07, 6.45) is 4.67. The van der Waals surface area contributed by atoms with E-state index in [-0.39, 0.29) is 13.0 Å². The molecule has 0 radical (unpaired) electrons. The van der Waals surface area contributed by atoms with Gasteiger partial charge in [0.15, 0.2) is 0 Å². The molecule has 0 fully saturated rings. The van der Waals surface area contributed by atoms with Gasteiger partial charge in [0.1, 0.15) is 12.1 Å². The number of carbonyl (C=O) groups excluding carboxylic acids is 2. The van der Waals surface area contributed by atoms with Crippen LogP contribution in [-0.2, 0) is 20.8 Å². The van der Waals surface area contributed by atoms with E-state index in [0.717, 1.165) is 0 Å². The average molecular weight is 340 g/mol. The molecule has 2 atom stereocenters. The fourth-order valence-corrected chi connectivity index (χ4v) is 2.10. The molecule has 1 heterocycles. The number of hydrogen-bond acceptors (Lipinski definition) is 6. The second-order valence-electron chi connectivity index (χ2n) is 5.27. The van der Waals surface area contributed by atoms with Gasteiger partial charge in [-0.1, -0.05) is 0 Å². The number of unbranched alkanes of at least 4 members (excludes halogenated alkanes) is 1. The van der Waals surface area contributed by atoms with E-state index in [1.54, 1.807) is 6.20 Å². The summed E-state index contributed by atoms with van der Waals surface area (Å²) in [4.78, 5) is 41.8. The highest BCUT2D eigenvalue weighted by atomic mass is 16.4. The summed E-state index contributed by atoms with van der Waals surface area (Å²) in [5.74, 6) is -2.24. The maximum atomic E-state index is 12.3. The van der Waals surface area contributed by atoms with Gasteiger partial charge in [-0.25, -0.2) is 9.78 Å². The van der Waals surface area contributed by atoms with E-state index in [1.165, 1.54) is 6.33 Å². The Bertz CT molecular complexity index is 533. The number of aliphatic carboxylic acids is 1. The number of imidazole rings is 1. The van der Waals surface area contributed by atoms with Crippen molar-refractivity contribution in [1.29, 1.82) is 0 Å². The maximum Gasteiger partial charge on any atom is 0.326 e. The van der Waals surface area contributed by atoms with E-state index >= 15 is 0 Å². The van der Waals surface area contributed by atoms with Crippen molar-refractivity contribution in [3.05, 3.63) is 18.2 Å². The number of carboxylic acids is 1. The topological polar surface area (TPSA) is 176 Å². The number of hydrogen-bond donors (Lipinski definition) is 6. The highest BCUT2D eigenvalue weighted by Crippen LogP contribution is 2.04. The Morgan fingerprint density at radius 1 is 1.21 bits per heavy atom. The summed E-state index contributed by atoms with van der Waals surface area (Å²) in [6, 6.07) is -2.00. The fraction of sp³-hybridized carbons (Fsp3) is 0.571. The number of amides is 2. The third-order valence-corrected chi connectivity index (χ3v) is 3.37. The minimum Gasteiger partial charge on any atom is -0.480 e. The molecule has 0 aromatic carbocycles. The van der Waals surface area contributed by atoms with Crippen molar-refractivity contribution in [2.24, 2.45) is 11.5 Å². The zero-order chi connectivity index (χ0) is 17.9. The van der Waals surface area contributed by atoms with Crippen LogP contribution in [0.4, 0.5) is 0 Å². The van der Waals surface area contributed by atoms with Crippen molar-refractivity contribution >= 4 is 17.8 Å². The molecule has 0 saturated heterocycles. The largest absolute Gasteiger partial charge is 0.480 e. The molecule has 8 N–H and O–H groups in total. The third-order valence-electron chi connectivity index (χ3n) is 3.37. The molecule has 0 aliphatic carbocycles. The summed E-state index contributed by atoms with van der Waals surface area (Å²) < 4.78 is 0. The Morgan fingerprint density at radius 2 is 1.96 bits per heavy atom. The van der Waals surface area contributed by atoms with Crippen LogP contribution < -0.4 is 22.1 Å². The number of aromatic nitrogens is 2. The van der Waals surface area contributed by atoms with E-state index in [2.05, 4.69) is 20.6 Å². The minimum atomic E-state index is -1.18. The van der Waals surface area contributed by atoms with Gasteiger partial charge < -0.3 is 32.2 Å². The van der Waals surface area contributed by atoms with Crippen molar-refractivity contribution in [2.75, 3.05) is 13.1 Å². The van der Waals surface area contributed by atoms with Crippen LogP contribution in [0.3, 0.4) is 0 Å². The molecular formula is C14H24N6O4. The number of rotatable bonds is 11. The van der Waals surface area contributed by atoms with Crippen molar-refractivity contribution < 1.29 is 19.5 Å². The first-order chi connectivity index (χ1) is 11.5. The highest BCUT2D eigenvalue weighted by Gasteiger charge is 2.26. The Hall–Kier alpha value is -2.46. The van der Waals surface area contributed by atoms with Gasteiger partial charge in [-0.3, -0.25) is 9.59 Å². The van der Waals surface area contributed by atoms with E-state index in [9.17, 15) is 19.5 Å². The second kappa shape index (κ2) is 10.3. The van der Waals surface area contributed by atoms with Crippen molar-refractivity contribution in [2.45, 2.75) is 37.8 Å². The molecule has 1 aromatic heterocycles. The first kappa shape index (κ1) is 19.6. The number of carbonyl (C=O) groups is 3. The van der Waals surface area contributed by atoms with Gasteiger partial charge >= 0.3 is 5.97 Å². The highest BCUT2D eigenvalue weighted by molar-refractivity contribution is 5.90. The van der Waals surface area contributed by atoms with Gasteiger partial charge in [0.25, 0.3) is 0 Å². The molecule has 10 nitrogen and oxygen atoms in total. The van der Waals surface area contributed by atoms with Gasteiger partial charge in [-0.15, -0.1) is 0 Å². The normalized spacial score (nSPS) is 13.1. The van der Waals surface area contributed by atoms with Crippen LogP contribution in [0.5, 0.6) is 0 Å². The lowest BCUT2D eigenvalue weighted by Gasteiger charge is -2.21. The number of H-pyrrole nitrogens is 1. The molecule has 2 amide bonds. The molecule has 134 valence electrons. The quantitative estimate of drug-likeness (QED) is 0.255. The van der Waals surface area contributed by atoms with E-state index in [0.29, 0.717) is 31.5 Å². The monoisotopic (exact) mass is 340 g/mol. The van der Waals surface area contributed by atoms with Crippen LogP contribution in [0.2, 0.25) is 0 Å². The van der Waals surface area contributed by atoms with Crippen molar-refractivity contribution in [1.82, 2.24) is 20.6 Å². The molecule has 0 aliphatic rings. The predicted octanol–water partition coefficient (Wildman–Crippen LogP) is -1.91. The Morgan fingerprint density at radius 3 is 2.50 bits per heavy atom. The lowest BCUT2D eigenvalue weighted by atomic mass is 10.1. The number of aromatic amines is 1. The average Bonchev–Trinajstić information content (AvgIpc) is 3.06. The molecule has 0 aliphatic heterocycles. The zero-order valence-electron chi connectivity index (χ0n) is 13.3. The predicted molar refractivity (Wildman–Crippen MR) is 85.7 cm³/mol. The Kier molecular flexibility index (Phi) is 8.44. The Balaban J connectivity index is 2.70. The lowest BCUT2D eigenvalue weighted by Crippen LogP contribution is -2.53. The number of nitrogens with two attached hydrogens (primary N) is 2. The molecule has 0 bridgehead atoms. The number of nitrogens with one attached hydrogen (secondary N) is 3. The second-order valence-corrected chi connectivity index (χ2v) is 5.27. The minimum absolute atomic E-state index is 0.0327. The number of nitrogens with zero attached hydrogens (tertiary/aromatic N) is 1. The SMILES string of the molecule is NCCCC[C@H](NC(=O)CN)C(=O)N[C@@H](Cc1c[nH]cn1)C(=O)O. The van der Waals surface area contributed by atoms with Gasteiger partial charge in [0, 0.05) is 12.6 Å². The summed E-state index contributed by atoms with van der Waals surface area (Å²) >= 11 is 0. The molecule has 0 unspecified atom stereocenters. The zero-order valence-corrected chi connectivity index (χ0v) is 13.3. The lowest BCUT2D eigenvalue weighted by molar-refractivity contribution is -0.142. The number of carboxylic acid groups (broad SMARTS) is 1. The van der Waals surface area contributed by atoms with Gasteiger partial charge in [-0.05, 0) is 25.8 Å². The van der Waals surface area contributed by atoms with Crippen LogP contribution >= 0.6 is 0 Å². The van der Waals surface area contributed by atoms with Crippen LogP contribution in [0.15, 0.2) is 12.5 Å². The van der Waals surface area contributed by atoms with Crippen molar-refractivity contribution in [3.8, 4) is 0 Å². The van der Waals surface area contributed by atoms with Gasteiger partial charge in [0.05, 0.1) is 18.6 Å². The summed E-state index contributed by atoms with van der Waals surface area (Å²) in [6.45, 7) is 0.215. The van der Waals surface area contributed by atoms with Crippen molar-refractivity contribution in [3.63, 3.8) is 0 Å². The van der Waals surface area contributed by atoms with Gasteiger partial charge in [-0.2, -0.15) is 0 Å². The molecule has 0 spiro atoms. The molecule has 10 heteroatoms. The molecular weight excluding hydrogens is 316 g/mol. The first-order valence-corrected chi connectivity index (χ1v) is 7.68. The standard InChI is InChI=1S/C14H24N6O4/c15-4-2-1-3-10(19-12(21)6-16)13(22)20-11(14(23)24)5-9-7-17-8-18-9/h7-8,10-11H,1-6,15-16H2,(H,17,18)(H,19,21)(H,20,22)(H,23,24)/t10-,11-/m0/s1. The van der Waals surface area contributed by atoms with Crippen LogP contribution in [0.1, 0.15) is 25.0 Å². The summed E-state index contributed by atoms with van der Waals surface area (Å²) in [5.41, 5.74) is 11.2. The summed E-state index contributed by atoms with van der Waals surface area (Å²) in [7, 11) is 0. The molecule has 0 saturated carbocycles. The molecule has 24 heavy (non-hydrogen) atoms. The van der Waals surface area contributed by atoms with E-state index < -0.39 is 29.9 Å².